The highest BCUT2D eigenvalue weighted by Crippen LogP contribution is 2.10. The third-order valence-electron chi connectivity index (χ3n) is 2.99. The average molecular weight is 250 g/mol. The number of aromatic nitrogens is 1. The fourth-order valence-corrected chi connectivity index (χ4v) is 1.74. The highest BCUT2D eigenvalue weighted by Gasteiger charge is 2.12. The van der Waals surface area contributed by atoms with Gasteiger partial charge in [-0.1, -0.05) is 20.3 Å². The second-order valence-corrected chi connectivity index (χ2v) is 4.70. The maximum atomic E-state index is 11.9. The zero-order valence-corrected chi connectivity index (χ0v) is 11.2. The smallest absolute Gasteiger partial charge is 0.270 e. The Bertz CT molecular complexity index is 377. The largest absolute Gasteiger partial charge is 0.348 e. The lowest BCUT2D eigenvalue weighted by atomic mass is 10.0. The van der Waals surface area contributed by atoms with E-state index in [0.29, 0.717) is 17.3 Å². The van der Waals surface area contributed by atoms with Crippen LogP contribution in [-0.2, 0) is 0 Å². The molecule has 2 atom stereocenters. The van der Waals surface area contributed by atoms with Crippen LogP contribution in [0.4, 0.5) is 5.69 Å². The maximum Gasteiger partial charge on any atom is 0.270 e. The first-order valence-electron chi connectivity index (χ1n) is 6.30. The van der Waals surface area contributed by atoms with Crippen molar-refractivity contribution in [2.45, 2.75) is 39.7 Å². The van der Waals surface area contributed by atoms with E-state index >= 15 is 0 Å². The summed E-state index contributed by atoms with van der Waals surface area (Å²) in [5, 5.41) is 2.95. The third kappa shape index (κ3) is 4.33. The van der Waals surface area contributed by atoms with Crippen molar-refractivity contribution < 1.29 is 4.79 Å². The average Bonchev–Trinajstić information content (AvgIpc) is 2.38. The van der Waals surface area contributed by atoms with Gasteiger partial charge in [0.1, 0.15) is 5.69 Å². The van der Waals surface area contributed by atoms with Crippen LogP contribution in [0.3, 0.4) is 0 Å². The van der Waals surface area contributed by atoms with Crippen molar-refractivity contribution >= 4 is 11.6 Å². The van der Waals surface area contributed by atoms with Crippen LogP contribution in [0.5, 0.6) is 0 Å². The first-order valence-corrected chi connectivity index (χ1v) is 6.30. The molecule has 0 bridgehead atoms. The fourth-order valence-electron chi connectivity index (χ4n) is 1.74. The summed E-state index contributed by atoms with van der Waals surface area (Å²) >= 11 is 0. The standard InChI is InChI=1S/C13H22N4O/c1-4-9(2)7-10(3)16-13(18)12-6-5-11(17-14)8-15-12/h5-6,8-10,17H,4,7,14H2,1-3H3,(H,16,18). The first kappa shape index (κ1) is 14.4. The Hall–Kier alpha value is -1.62. The van der Waals surface area contributed by atoms with Crippen LogP contribution in [0.25, 0.3) is 0 Å². The molecule has 1 amide bonds. The Balaban J connectivity index is 2.53. The number of carbonyl (C=O) groups is 1. The molecule has 0 aliphatic heterocycles. The van der Waals surface area contributed by atoms with Gasteiger partial charge in [-0.3, -0.25) is 10.6 Å². The molecule has 0 aliphatic carbocycles. The summed E-state index contributed by atoms with van der Waals surface area (Å²) in [7, 11) is 0. The van der Waals surface area contributed by atoms with Crippen molar-refractivity contribution in [1.29, 1.82) is 0 Å². The van der Waals surface area contributed by atoms with E-state index in [1.807, 2.05) is 6.92 Å². The normalized spacial score (nSPS) is 13.8. The maximum absolute atomic E-state index is 11.9. The van der Waals surface area contributed by atoms with Crippen LogP contribution in [0.15, 0.2) is 18.3 Å². The number of anilines is 1. The molecule has 18 heavy (non-hydrogen) atoms. The number of amides is 1. The molecule has 5 heteroatoms. The lowest BCUT2D eigenvalue weighted by Crippen LogP contribution is -2.34. The number of nitrogens with zero attached hydrogens (tertiary/aromatic N) is 1. The Morgan fingerprint density at radius 2 is 2.17 bits per heavy atom. The molecule has 0 spiro atoms. The number of nitrogens with one attached hydrogen (secondary N) is 2. The van der Waals surface area contributed by atoms with Gasteiger partial charge in [-0.25, -0.2) is 4.98 Å². The summed E-state index contributed by atoms with van der Waals surface area (Å²) < 4.78 is 0. The number of rotatable bonds is 6. The molecule has 5 nitrogen and oxygen atoms in total. The molecule has 1 aromatic heterocycles. The number of nitrogen functional groups attached to an aromatic ring is 1. The fraction of sp³-hybridized carbons (Fsp3) is 0.538. The summed E-state index contributed by atoms with van der Waals surface area (Å²) in [6.45, 7) is 6.35. The predicted molar refractivity (Wildman–Crippen MR) is 73.0 cm³/mol. The topological polar surface area (TPSA) is 80.0 Å². The number of carbonyl (C=O) groups excluding carboxylic acids is 1. The van der Waals surface area contributed by atoms with E-state index in [4.69, 9.17) is 5.84 Å². The van der Waals surface area contributed by atoms with E-state index in [2.05, 4.69) is 29.6 Å². The molecule has 0 aromatic carbocycles. The highest BCUT2D eigenvalue weighted by atomic mass is 16.1. The molecular formula is C13H22N4O. The van der Waals surface area contributed by atoms with Crippen molar-refractivity contribution in [3.05, 3.63) is 24.0 Å². The molecule has 0 radical (unpaired) electrons. The molecule has 1 heterocycles. The van der Waals surface area contributed by atoms with Gasteiger partial charge in [0.05, 0.1) is 11.9 Å². The molecule has 0 saturated heterocycles. The van der Waals surface area contributed by atoms with Crippen LogP contribution >= 0.6 is 0 Å². The van der Waals surface area contributed by atoms with Crippen molar-refractivity contribution in [2.24, 2.45) is 11.8 Å². The van der Waals surface area contributed by atoms with Gasteiger partial charge in [-0.15, -0.1) is 0 Å². The first-order chi connectivity index (χ1) is 8.56. The van der Waals surface area contributed by atoms with Gasteiger partial charge in [-0.05, 0) is 31.4 Å². The summed E-state index contributed by atoms with van der Waals surface area (Å²) in [6, 6.07) is 3.53. The van der Waals surface area contributed by atoms with Crippen LogP contribution in [0.1, 0.15) is 44.1 Å². The molecule has 4 N–H and O–H groups in total. The lowest BCUT2D eigenvalue weighted by molar-refractivity contribution is 0.0930. The summed E-state index contributed by atoms with van der Waals surface area (Å²) in [6.07, 6.45) is 3.63. The molecule has 0 saturated carbocycles. The Kier molecular flexibility index (Phi) is 5.58. The summed E-state index contributed by atoms with van der Waals surface area (Å²) in [4.78, 5) is 15.9. The van der Waals surface area contributed by atoms with Crippen molar-refractivity contribution in [3.63, 3.8) is 0 Å². The molecular weight excluding hydrogens is 228 g/mol. The number of hydrazine groups is 1. The van der Waals surface area contributed by atoms with Crippen molar-refractivity contribution in [3.8, 4) is 0 Å². The molecule has 2 unspecified atom stereocenters. The number of nitrogens with two attached hydrogens (primary N) is 1. The minimum absolute atomic E-state index is 0.144. The van der Waals surface area contributed by atoms with Gasteiger partial charge in [0.25, 0.3) is 5.91 Å². The number of hydrogen-bond donors (Lipinski definition) is 3. The van der Waals surface area contributed by atoms with Gasteiger partial charge in [-0.2, -0.15) is 0 Å². The van der Waals surface area contributed by atoms with E-state index < -0.39 is 0 Å². The minimum Gasteiger partial charge on any atom is -0.348 e. The van der Waals surface area contributed by atoms with E-state index in [9.17, 15) is 4.79 Å². The Morgan fingerprint density at radius 3 is 2.67 bits per heavy atom. The van der Waals surface area contributed by atoms with Crippen LogP contribution in [0.2, 0.25) is 0 Å². The number of pyridine rings is 1. The molecule has 100 valence electrons. The SMILES string of the molecule is CCC(C)CC(C)NC(=O)c1ccc(NN)cn1. The molecule has 0 aliphatic rings. The van der Waals surface area contributed by atoms with E-state index in [1.165, 1.54) is 6.20 Å². The van der Waals surface area contributed by atoms with Crippen molar-refractivity contribution in [1.82, 2.24) is 10.3 Å². The summed E-state index contributed by atoms with van der Waals surface area (Å²) in [5.41, 5.74) is 3.56. The third-order valence-corrected chi connectivity index (χ3v) is 2.99. The van der Waals surface area contributed by atoms with Crippen LogP contribution < -0.4 is 16.6 Å². The zero-order valence-electron chi connectivity index (χ0n) is 11.2. The zero-order chi connectivity index (χ0) is 13.5. The molecule has 1 rings (SSSR count). The van der Waals surface area contributed by atoms with Gasteiger partial charge in [0, 0.05) is 6.04 Å². The van der Waals surface area contributed by atoms with Gasteiger partial charge >= 0.3 is 0 Å². The second-order valence-electron chi connectivity index (χ2n) is 4.70. The van der Waals surface area contributed by atoms with Crippen LogP contribution in [0, 0.1) is 5.92 Å². The van der Waals surface area contributed by atoms with E-state index in [-0.39, 0.29) is 11.9 Å². The summed E-state index contributed by atoms with van der Waals surface area (Å²) in [5.74, 6) is 5.70. The molecule has 0 fully saturated rings. The van der Waals surface area contributed by atoms with Crippen molar-refractivity contribution in [2.75, 3.05) is 5.43 Å². The van der Waals surface area contributed by atoms with Gasteiger partial charge in [0.2, 0.25) is 0 Å². The minimum atomic E-state index is -0.144. The Morgan fingerprint density at radius 1 is 1.44 bits per heavy atom. The lowest BCUT2D eigenvalue weighted by Gasteiger charge is -2.17. The molecule has 1 aromatic rings. The van der Waals surface area contributed by atoms with Gasteiger partial charge < -0.3 is 10.7 Å². The second kappa shape index (κ2) is 6.96. The monoisotopic (exact) mass is 250 g/mol. The predicted octanol–water partition coefficient (Wildman–Crippen LogP) is 1.92. The van der Waals surface area contributed by atoms with Crippen LogP contribution in [-0.4, -0.2) is 16.9 Å². The quantitative estimate of drug-likeness (QED) is 0.532. The van der Waals surface area contributed by atoms with E-state index in [0.717, 1.165) is 12.8 Å². The number of hydrogen-bond acceptors (Lipinski definition) is 4. The highest BCUT2D eigenvalue weighted by molar-refractivity contribution is 5.92. The Labute approximate surface area is 108 Å². The van der Waals surface area contributed by atoms with Gasteiger partial charge in [0.15, 0.2) is 0 Å². The van der Waals surface area contributed by atoms with E-state index in [1.54, 1.807) is 12.1 Å².